The van der Waals surface area contributed by atoms with Crippen LogP contribution in [0.5, 0.6) is 0 Å². The van der Waals surface area contributed by atoms with Gasteiger partial charge in [0, 0.05) is 6.20 Å². The van der Waals surface area contributed by atoms with E-state index < -0.39 is 5.97 Å². The van der Waals surface area contributed by atoms with Gasteiger partial charge in [-0.15, -0.1) is 0 Å². The maximum absolute atomic E-state index is 11.2. The summed E-state index contributed by atoms with van der Waals surface area (Å²) in [6, 6.07) is 3.33. The topological polar surface area (TPSA) is 65.9 Å². The Morgan fingerprint density at radius 3 is 3.00 bits per heavy atom. The minimum atomic E-state index is -0.469. The van der Waals surface area contributed by atoms with E-state index in [0.29, 0.717) is 16.7 Å². The zero-order chi connectivity index (χ0) is 10.6. The SMILES string of the molecule is CCOC(=O)c1cc(=S)c(C#N)c[nH]1. The molecule has 0 saturated carbocycles. The van der Waals surface area contributed by atoms with Gasteiger partial charge in [0.05, 0.1) is 16.7 Å². The number of nitriles is 1. The Morgan fingerprint density at radius 1 is 1.79 bits per heavy atom. The lowest BCUT2D eigenvalue weighted by molar-refractivity contribution is 0.0519. The third-order valence-corrected chi connectivity index (χ3v) is 1.87. The van der Waals surface area contributed by atoms with Crippen LogP contribution >= 0.6 is 12.2 Å². The number of carbonyl (C=O) groups excluding carboxylic acids is 1. The van der Waals surface area contributed by atoms with E-state index in [1.807, 2.05) is 6.07 Å². The number of esters is 1. The average Bonchev–Trinajstić information content (AvgIpc) is 2.18. The molecule has 0 atom stereocenters. The van der Waals surface area contributed by atoms with Crippen molar-refractivity contribution in [2.75, 3.05) is 6.61 Å². The predicted molar refractivity (Wildman–Crippen MR) is 52.3 cm³/mol. The Morgan fingerprint density at radius 2 is 2.50 bits per heavy atom. The standard InChI is InChI=1S/C9H8N2O2S/c1-2-13-9(12)7-3-8(14)6(4-10)5-11-7/h3,5H,2H2,1H3,(H,11,14). The smallest absolute Gasteiger partial charge is 0.354 e. The number of nitrogens with zero attached hydrogens (tertiary/aromatic N) is 1. The van der Waals surface area contributed by atoms with E-state index in [2.05, 4.69) is 4.98 Å². The molecule has 0 fully saturated rings. The van der Waals surface area contributed by atoms with E-state index in [9.17, 15) is 4.79 Å². The molecule has 0 amide bonds. The molecule has 72 valence electrons. The van der Waals surface area contributed by atoms with Gasteiger partial charge < -0.3 is 9.72 Å². The van der Waals surface area contributed by atoms with Gasteiger partial charge in [0.25, 0.3) is 0 Å². The van der Waals surface area contributed by atoms with Crippen LogP contribution < -0.4 is 0 Å². The lowest BCUT2D eigenvalue weighted by Gasteiger charge is -2.01. The van der Waals surface area contributed by atoms with Gasteiger partial charge in [0.15, 0.2) is 0 Å². The van der Waals surface area contributed by atoms with E-state index in [0.717, 1.165) is 0 Å². The van der Waals surface area contributed by atoms with Crippen molar-refractivity contribution in [1.82, 2.24) is 4.98 Å². The van der Waals surface area contributed by atoms with Gasteiger partial charge in [-0.1, -0.05) is 12.2 Å². The van der Waals surface area contributed by atoms with E-state index in [-0.39, 0.29) is 5.69 Å². The summed E-state index contributed by atoms with van der Waals surface area (Å²) in [5.74, 6) is -0.469. The second-order valence-corrected chi connectivity index (χ2v) is 2.90. The molecule has 0 aromatic carbocycles. The van der Waals surface area contributed by atoms with Crippen LogP contribution in [0.4, 0.5) is 0 Å². The van der Waals surface area contributed by atoms with Crippen molar-refractivity contribution in [3.8, 4) is 6.07 Å². The monoisotopic (exact) mass is 208 g/mol. The largest absolute Gasteiger partial charge is 0.461 e. The molecule has 1 aromatic rings. The third-order valence-electron chi connectivity index (χ3n) is 1.53. The fourth-order valence-corrected chi connectivity index (χ4v) is 1.11. The molecule has 0 radical (unpaired) electrons. The molecule has 0 aliphatic heterocycles. The first-order valence-corrected chi connectivity index (χ1v) is 4.39. The molecule has 0 saturated heterocycles. The maximum atomic E-state index is 11.2. The highest BCUT2D eigenvalue weighted by molar-refractivity contribution is 7.71. The fourth-order valence-electron chi connectivity index (χ4n) is 0.886. The van der Waals surface area contributed by atoms with Crippen LogP contribution in [0.1, 0.15) is 23.0 Å². The number of rotatable bonds is 2. The minimum absolute atomic E-state index is 0.260. The van der Waals surface area contributed by atoms with Gasteiger partial charge in [0.1, 0.15) is 11.8 Å². The first kappa shape index (κ1) is 10.4. The van der Waals surface area contributed by atoms with Crippen molar-refractivity contribution in [3.63, 3.8) is 0 Å². The summed E-state index contributed by atoms with van der Waals surface area (Å²) in [5.41, 5.74) is 0.601. The van der Waals surface area contributed by atoms with Gasteiger partial charge in [0.2, 0.25) is 0 Å². The van der Waals surface area contributed by atoms with Gasteiger partial charge >= 0.3 is 5.97 Å². The summed E-state index contributed by atoms with van der Waals surface area (Å²) in [7, 11) is 0. The summed E-state index contributed by atoms with van der Waals surface area (Å²) in [5, 5.41) is 8.60. The highest BCUT2D eigenvalue weighted by Crippen LogP contribution is 2.04. The van der Waals surface area contributed by atoms with Crippen LogP contribution in [0.2, 0.25) is 0 Å². The molecule has 5 heteroatoms. The van der Waals surface area contributed by atoms with Crippen molar-refractivity contribution in [2.45, 2.75) is 6.92 Å². The third kappa shape index (κ3) is 2.18. The molecular formula is C9H8N2O2S. The average molecular weight is 208 g/mol. The molecule has 0 spiro atoms. The number of pyridine rings is 1. The van der Waals surface area contributed by atoms with Crippen LogP contribution in [0.15, 0.2) is 12.3 Å². The number of aromatic amines is 1. The number of hydrogen-bond acceptors (Lipinski definition) is 4. The molecule has 1 aromatic heterocycles. The minimum Gasteiger partial charge on any atom is -0.461 e. The highest BCUT2D eigenvalue weighted by atomic mass is 32.1. The van der Waals surface area contributed by atoms with Crippen molar-refractivity contribution >= 4 is 18.2 Å². The van der Waals surface area contributed by atoms with Crippen LogP contribution in [0, 0.1) is 15.8 Å². The number of ether oxygens (including phenoxy) is 1. The van der Waals surface area contributed by atoms with Gasteiger partial charge in [-0.3, -0.25) is 0 Å². The van der Waals surface area contributed by atoms with Crippen molar-refractivity contribution in [2.24, 2.45) is 0 Å². The molecule has 0 aliphatic rings. The van der Waals surface area contributed by atoms with Crippen molar-refractivity contribution < 1.29 is 9.53 Å². The van der Waals surface area contributed by atoms with Gasteiger partial charge in [-0.05, 0) is 13.0 Å². The van der Waals surface area contributed by atoms with Crippen LogP contribution in [0.25, 0.3) is 0 Å². The number of hydrogen-bond donors (Lipinski definition) is 1. The van der Waals surface area contributed by atoms with Gasteiger partial charge in [-0.25, -0.2) is 4.79 Å². The summed E-state index contributed by atoms with van der Waals surface area (Å²) in [6.07, 6.45) is 1.40. The predicted octanol–water partition coefficient (Wildman–Crippen LogP) is 1.79. The Labute approximate surface area is 86.1 Å². The van der Waals surface area contributed by atoms with Crippen molar-refractivity contribution in [1.29, 1.82) is 5.26 Å². The highest BCUT2D eigenvalue weighted by Gasteiger charge is 2.07. The Kier molecular flexibility index (Phi) is 3.37. The van der Waals surface area contributed by atoms with E-state index in [1.54, 1.807) is 6.92 Å². The summed E-state index contributed by atoms with van der Waals surface area (Å²) in [6.45, 7) is 2.02. The fraction of sp³-hybridized carbons (Fsp3) is 0.222. The van der Waals surface area contributed by atoms with Crippen LogP contribution in [-0.4, -0.2) is 17.6 Å². The Bertz CT molecular complexity index is 445. The van der Waals surface area contributed by atoms with Crippen LogP contribution in [0.3, 0.4) is 0 Å². The molecule has 14 heavy (non-hydrogen) atoms. The molecule has 1 N–H and O–H groups in total. The van der Waals surface area contributed by atoms with Gasteiger partial charge in [-0.2, -0.15) is 5.26 Å². The first-order chi connectivity index (χ1) is 6.69. The van der Waals surface area contributed by atoms with E-state index in [4.69, 9.17) is 22.2 Å². The Hall–Kier alpha value is -1.67. The molecule has 0 unspecified atom stereocenters. The molecule has 1 heterocycles. The summed E-state index contributed by atoms with van der Waals surface area (Å²) in [4.78, 5) is 13.9. The zero-order valence-electron chi connectivity index (χ0n) is 7.53. The number of aromatic nitrogens is 1. The number of carbonyl (C=O) groups is 1. The zero-order valence-corrected chi connectivity index (χ0v) is 8.35. The second kappa shape index (κ2) is 4.53. The molecule has 0 aliphatic carbocycles. The lowest BCUT2D eigenvalue weighted by atomic mass is 10.3. The number of nitrogens with one attached hydrogen (secondary N) is 1. The lowest BCUT2D eigenvalue weighted by Crippen LogP contribution is -2.07. The normalized spacial score (nSPS) is 9.14. The maximum Gasteiger partial charge on any atom is 0.354 e. The first-order valence-electron chi connectivity index (χ1n) is 3.99. The second-order valence-electron chi connectivity index (χ2n) is 2.46. The molecule has 0 bridgehead atoms. The van der Waals surface area contributed by atoms with E-state index >= 15 is 0 Å². The molecule has 4 nitrogen and oxygen atoms in total. The van der Waals surface area contributed by atoms with Crippen LogP contribution in [-0.2, 0) is 4.74 Å². The molecule has 1 rings (SSSR count). The Balaban J connectivity index is 3.05. The quantitative estimate of drug-likeness (QED) is 0.594. The molecular weight excluding hydrogens is 200 g/mol. The summed E-state index contributed by atoms with van der Waals surface area (Å²) < 4.78 is 5.10. The van der Waals surface area contributed by atoms with E-state index in [1.165, 1.54) is 12.3 Å². The van der Waals surface area contributed by atoms with Crippen molar-refractivity contribution in [3.05, 3.63) is 28.0 Å². The number of H-pyrrole nitrogens is 1. The summed E-state index contributed by atoms with van der Waals surface area (Å²) >= 11 is 4.89.